The predicted octanol–water partition coefficient (Wildman–Crippen LogP) is 3.47. The highest BCUT2D eigenvalue weighted by atomic mass is 32.1. The highest BCUT2D eigenvalue weighted by molar-refractivity contribution is 7.12. The average molecular weight is 276 g/mol. The Morgan fingerprint density at radius 3 is 3.06 bits per heavy atom. The highest BCUT2D eigenvalue weighted by Crippen LogP contribution is 2.38. The standard InChI is InChI=1S/C14H16N2S2/c1-2-9(1)7-15-8-13-16-14-10-5-6-17-11(10)3-4-12(14)18-13/h5-6,9,15H,1-4,7-8H2. The van der Waals surface area contributed by atoms with E-state index in [0.717, 1.165) is 12.5 Å². The van der Waals surface area contributed by atoms with Crippen LogP contribution in [-0.4, -0.2) is 11.5 Å². The molecule has 0 spiro atoms. The largest absolute Gasteiger partial charge is 0.310 e. The quantitative estimate of drug-likeness (QED) is 0.925. The summed E-state index contributed by atoms with van der Waals surface area (Å²) in [5, 5.41) is 7.00. The summed E-state index contributed by atoms with van der Waals surface area (Å²) in [7, 11) is 0. The maximum absolute atomic E-state index is 4.84. The van der Waals surface area contributed by atoms with E-state index < -0.39 is 0 Å². The molecule has 2 aliphatic rings. The molecule has 4 rings (SSSR count). The third kappa shape index (κ3) is 2.02. The minimum Gasteiger partial charge on any atom is -0.310 e. The molecule has 0 unspecified atom stereocenters. The zero-order chi connectivity index (χ0) is 11.9. The van der Waals surface area contributed by atoms with Gasteiger partial charge in [0.05, 0.1) is 5.69 Å². The Balaban J connectivity index is 1.53. The molecule has 0 aromatic carbocycles. The molecule has 2 nitrogen and oxygen atoms in total. The molecule has 0 saturated heterocycles. The Kier molecular flexibility index (Phi) is 2.75. The molecule has 0 radical (unpaired) electrons. The normalized spacial score (nSPS) is 17.6. The molecule has 4 heteroatoms. The fourth-order valence-electron chi connectivity index (χ4n) is 2.53. The summed E-state index contributed by atoms with van der Waals surface area (Å²) in [6.07, 6.45) is 5.22. The molecule has 1 fully saturated rings. The molecule has 2 aromatic heterocycles. The van der Waals surface area contributed by atoms with E-state index in [-0.39, 0.29) is 0 Å². The minimum atomic E-state index is 0.947. The summed E-state index contributed by atoms with van der Waals surface area (Å²) in [6, 6.07) is 2.24. The summed E-state index contributed by atoms with van der Waals surface area (Å²) < 4.78 is 0. The molecule has 18 heavy (non-hydrogen) atoms. The lowest BCUT2D eigenvalue weighted by atomic mass is 10.0. The third-order valence-corrected chi connectivity index (χ3v) is 5.82. The van der Waals surface area contributed by atoms with E-state index in [4.69, 9.17) is 4.98 Å². The van der Waals surface area contributed by atoms with Gasteiger partial charge < -0.3 is 5.32 Å². The monoisotopic (exact) mass is 276 g/mol. The number of hydrogen-bond donors (Lipinski definition) is 1. The van der Waals surface area contributed by atoms with Crippen molar-refractivity contribution in [3.05, 3.63) is 26.2 Å². The van der Waals surface area contributed by atoms with E-state index in [0.29, 0.717) is 0 Å². The third-order valence-electron chi connectivity index (χ3n) is 3.73. The molecule has 0 atom stereocenters. The predicted molar refractivity (Wildman–Crippen MR) is 77.3 cm³/mol. The van der Waals surface area contributed by atoms with Crippen molar-refractivity contribution >= 4 is 22.7 Å². The first kappa shape index (κ1) is 11.1. The van der Waals surface area contributed by atoms with Crippen LogP contribution in [0.2, 0.25) is 0 Å². The smallest absolute Gasteiger partial charge is 0.107 e. The van der Waals surface area contributed by atoms with E-state index in [9.17, 15) is 0 Å². The van der Waals surface area contributed by atoms with Crippen molar-refractivity contribution in [2.24, 2.45) is 5.92 Å². The van der Waals surface area contributed by atoms with Crippen LogP contribution in [0.25, 0.3) is 11.3 Å². The maximum Gasteiger partial charge on any atom is 0.107 e. The van der Waals surface area contributed by atoms with Gasteiger partial charge in [0, 0.05) is 21.9 Å². The molecule has 1 saturated carbocycles. The maximum atomic E-state index is 4.84. The van der Waals surface area contributed by atoms with Crippen molar-refractivity contribution < 1.29 is 0 Å². The first-order valence-corrected chi connectivity index (χ1v) is 8.36. The second-order valence-corrected chi connectivity index (χ2v) is 7.38. The zero-order valence-electron chi connectivity index (χ0n) is 10.2. The Labute approximate surface area is 115 Å². The Bertz CT molecular complexity index is 566. The van der Waals surface area contributed by atoms with Gasteiger partial charge in [-0.1, -0.05) is 0 Å². The van der Waals surface area contributed by atoms with E-state index in [1.54, 1.807) is 0 Å². The topological polar surface area (TPSA) is 24.9 Å². The summed E-state index contributed by atoms with van der Waals surface area (Å²) in [6.45, 7) is 2.13. The lowest BCUT2D eigenvalue weighted by Gasteiger charge is -2.09. The van der Waals surface area contributed by atoms with Crippen molar-refractivity contribution in [2.75, 3.05) is 6.54 Å². The van der Waals surface area contributed by atoms with Crippen LogP contribution in [0.3, 0.4) is 0 Å². The van der Waals surface area contributed by atoms with Gasteiger partial charge >= 0.3 is 0 Å². The zero-order valence-corrected chi connectivity index (χ0v) is 11.9. The van der Waals surface area contributed by atoms with Crippen molar-refractivity contribution in [1.82, 2.24) is 10.3 Å². The van der Waals surface area contributed by atoms with Gasteiger partial charge in [-0.2, -0.15) is 0 Å². The number of aryl methyl sites for hydroxylation is 2. The molecule has 94 valence electrons. The van der Waals surface area contributed by atoms with Gasteiger partial charge in [0.2, 0.25) is 0 Å². The summed E-state index contributed by atoms with van der Waals surface area (Å²) in [4.78, 5) is 7.85. The summed E-state index contributed by atoms with van der Waals surface area (Å²) in [5.41, 5.74) is 2.66. The first-order valence-electron chi connectivity index (χ1n) is 6.66. The number of nitrogens with zero attached hydrogens (tertiary/aromatic N) is 1. The van der Waals surface area contributed by atoms with Gasteiger partial charge in [0.15, 0.2) is 0 Å². The van der Waals surface area contributed by atoms with E-state index >= 15 is 0 Å². The van der Waals surface area contributed by atoms with Crippen LogP contribution in [0.15, 0.2) is 11.4 Å². The summed E-state index contributed by atoms with van der Waals surface area (Å²) >= 11 is 3.78. The van der Waals surface area contributed by atoms with Crippen LogP contribution in [0.4, 0.5) is 0 Å². The summed E-state index contributed by atoms with van der Waals surface area (Å²) in [5.74, 6) is 0.947. The lowest BCUT2D eigenvalue weighted by Crippen LogP contribution is -2.15. The number of thiophene rings is 1. The van der Waals surface area contributed by atoms with Gasteiger partial charge in [-0.05, 0) is 49.6 Å². The Morgan fingerprint density at radius 2 is 2.17 bits per heavy atom. The van der Waals surface area contributed by atoms with E-state index in [2.05, 4.69) is 16.8 Å². The molecular weight excluding hydrogens is 260 g/mol. The molecule has 0 amide bonds. The Morgan fingerprint density at radius 1 is 1.28 bits per heavy atom. The number of rotatable bonds is 4. The van der Waals surface area contributed by atoms with Crippen LogP contribution in [0, 0.1) is 5.92 Å². The van der Waals surface area contributed by atoms with Crippen LogP contribution in [0.5, 0.6) is 0 Å². The minimum absolute atomic E-state index is 0.947. The molecule has 2 heterocycles. The van der Waals surface area contributed by atoms with Crippen LogP contribution in [0.1, 0.15) is 27.6 Å². The number of aromatic nitrogens is 1. The van der Waals surface area contributed by atoms with Crippen molar-refractivity contribution in [2.45, 2.75) is 32.2 Å². The fourth-order valence-corrected chi connectivity index (χ4v) is 4.47. The molecular formula is C14H16N2S2. The van der Waals surface area contributed by atoms with Crippen molar-refractivity contribution in [1.29, 1.82) is 0 Å². The van der Waals surface area contributed by atoms with Gasteiger partial charge in [-0.3, -0.25) is 0 Å². The molecule has 1 N–H and O–H groups in total. The number of nitrogens with one attached hydrogen (secondary N) is 1. The first-order chi connectivity index (χ1) is 8.90. The number of hydrogen-bond acceptors (Lipinski definition) is 4. The average Bonchev–Trinajstić information content (AvgIpc) is 2.91. The van der Waals surface area contributed by atoms with Gasteiger partial charge in [0.1, 0.15) is 5.01 Å². The second kappa shape index (κ2) is 4.44. The van der Waals surface area contributed by atoms with Gasteiger partial charge in [-0.25, -0.2) is 4.98 Å². The lowest BCUT2D eigenvalue weighted by molar-refractivity contribution is 0.637. The van der Waals surface area contributed by atoms with Crippen molar-refractivity contribution in [3.8, 4) is 11.3 Å². The molecule has 0 bridgehead atoms. The second-order valence-electron chi connectivity index (χ2n) is 5.21. The fraction of sp³-hybridized carbons (Fsp3) is 0.500. The highest BCUT2D eigenvalue weighted by Gasteiger charge is 2.23. The SMILES string of the molecule is c1cc2c(s1)CCc1sc(CNCC3CC3)nc1-2. The van der Waals surface area contributed by atoms with Crippen LogP contribution < -0.4 is 5.32 Å². The molecule has 2 aromatic rings. The van der Waals surface area contributed by atoms with Gasteiger partial charge in [0.25, 0.3) is 0 Å². The molecule has 2 aliphatic carbocycles. The van der Waals surface area contributed by atoms with Crippen LogP contribution >= 0.6 is 22.7 Å². The molecule has 0 aliphatic heterocycles. The van der Waals surface area contributed by atoms with E-state index in [1.165, 1.54) is 58.2 Å². The van der Waals surface area contributed by atoms with Gasteiger partial charge in [-0.15, -0.1) is 22.7 Å². The number of thiazole rings is 1. The number of fused-ring (bicyclic) bond motifs is 3. The van der Waals surface area contributed by atoms with E-state index in [1.807, 2.05) is 22.7 Å². The Hall–Kier alpha value is -0.710. The van der Waals surface area contributed by atoms with Crippen LogP contribution in [-0.2, 0) is 19.4 Å². The van der Waals surface area contributed by atoms with Crippen molar-refractivity contribution in [3.63, 3.8) is 0 Å².